The highest BCUT2D eigenvalue weighted by atomic mass is 16.5. The van der Waals surface area contributed by atoms with Crippen LogP contribution < -0.4 is 11.1 Å². The fourth-order valence-corrected chi connectivity index (χ4v) is 1.19. The zero-order chi connectivity index (χ0) is 11.4. The molecule has 0 aromatic carbocycles. The van der Waals surface area contributed by atoms with Crippen molar-refractivity contribution in [1.29, 1.82) is 0 Å². The normalized spacial score (nSPS) is 17.4. The molecule has 0 aliphatic heterocycles. The Kier molecular flexibility index (Phi) is 3.65. The number of urea groups is 1. The molecule has 84 valence electrons. The van der Waals surface area contributed by atoms with E-state index in [2.05, 4.69) is 0 Å². The third-order valence-corrected chi connectivity index (χ3v) is 2.35. The van der Waals surface area contributed by atoms with Crippen molar-refractivity contribution in [1.82, 2.24) is 5.32 Å². The van der Waals surface area contributed by atoms with Crippen LogP contribution in [0.2, 0.25) is 0 Å². The number of hydrogen-bond acceptors (Lipinski definition) is 4. The Balaban J connectivity index is 2.33. The van der Waals surface area contributed by atoms with E-state index in [0.717, 1.165) is 19.3 Å². The predicted molar refractivity (Wildman–Crippen MR) is 50.6 cm³/mol. The van der Waals surface area contributed by atoms with Gasteiger partial charge in [-0.3, -0.25) is 14.9 Å². The Morgan fingerprint density at radius 3 is 2.40 bits per heavy atom. The summed E-state index contributed by atoms with van der Waals surface area (Å²) in [6, 6.07) is -0.952. The number of esters is 1. The van der Waals surface area contributed by atoms with Crippen LogP contribution >= 0.6 is 0 Å². The van der Waals surface area contributed by atoms with Crippen LogP contribution in [0.3, 0.4) is 0 Å². The SMILES string of the molecule is CC(OC(=O)C1CCC1)C(=O)NC(N)=O. The van der Waals surface area contributed by atoms with Crippen LogP contribution in [0.1, 0.15) is 26.2 Å². The number of rotatable bonds is 3. The van der Waals surface area contributed by atoms with Crippen LogP contribution in [0.15, 0.2) is 0 Å². The van der Waals surface area contributed by atoms with Crippen LogP contribution in [0.5, 0.6) is 0 Å². The summed E-state index contributed by atoms with van der Waals surface area (Å²) >= 11 is 0. The number of carbonyl (C=O) groups is 3. The molecule has 1 saturated carbocycles. The lowest BCUT2D eigenvalue weighted by atomic mass is 9.86. The van der Waals surface area contributed by atoms with Gasteiger partial charge in [-0.25, -0.2) is 4.79 Å². The van der Waals surface area contributed by atoms with Gasteiger partial charge in [0.05, 0.1) is 5.92 Å². The van der Waals surface area contributed by atoms with Gasteiger partial charge < -0.3 is 10.5 Å². The first-order valence-corrected chi connectivity index (χ1v) is 4.81. The van der Waals surface area contributed by atoms with Gasteiger partial charge in [0.15, 0.2) is 6.10 Å². The molecule has 0 aromatic heterocycles. The molecule has 6 nitrogen and oxygen atoms in total. The molecule has 3 N–H and O–H groups in total. The second-order valence-electron chi connectivity index (χ2n) is 3.56. The molecule has 15 heavy (non-hydrogen) atoms. The van der Waals surface area contributed by atoms with E-state index in [1.165, 1.54) is 6.92 Å². The highest BCUT2D eigenvalue weighted by molar-refractivity contribution is 5.96. The molecule has 1 rings (SSSR count). The number of ether oxygens (including phenoxy) is 1. The first-order chi connectivity index (χ1) is 7.00. The van der Waals surface area contributed by atoms with Crippen molar-refractivity contribution in [2.75, 3.05) is 0 Å². The van der Waals surface area contributed by atoms with Gasteiger partial charge in [-0.1, -0.05) is 6.42 Å². The van der Waals surface area contributed by atoms with E-state index in [9.17, 15) is 14.4 Å². The maximum atomic E-state index is 11.3. The largest absolute Gasteiger partial charge is 0.452 e. The summed E-state index contributed by atoms with van der Waals surface area (Å²) in [7, 11) is 0. The highest BCUT2D eigenvalue weighted by Gasteiger charge is 2.29. The van der Waals surface area contributed by atoms with E-state index in [4.69, 9.17) is 10.5 Å². The van der Waals surface area contributed by atoms with Crippen molar-refractivity contribution in [2.45, 2.75) is 32.3 Å². The van der Waals surface area contributed by atoms with Crippen LogP contribution in [0, 0.1) is 5.92 Å². The lowest BCUT2D eigenvalue weighted by molar-refractivity contribution is -0.160. The van der Waals surface area contributed by atoms with Gasteiger partial charge in [-0.2, -0.15) is 0 Å². The number of imide groups is 1. The lowest BCUT2D eigenvalue weighted by Crippen LogP contribution is -2.43. The Hall–Kier alpha value is -1.59. The molecule has 0 aromatic rings. The summed E-state index contributed by atoms with van der Waals surface area (Å²) in [6.07, 6.45) is 1.65. The first-order valence-electron chi connectivity index (χ1n) is 4.81. The molecular formula is C9H14N2O4. The van der Waals surface area contributed by atoms with Gasteiger partial charge in [0.2, 0.25) is 0 Å². The van der Waals surface area contributed by atoms with Crippen molar-refractivity contribution in [2.24, 2.45) is 11.7 Å². The van der Waals surface area contributed by atoms with Crippen molar-refractivity contribution in [3.05, 3.63) is 0 Å². The summed E-state index contributed by atoms with van der Waals surface area (Å²) in [5.74, 6) is -1.17. The van der Waals surface area contributed by atoms with Gasteiger partial charge in [-0.05, 0) is 19.8 Å². The summed E-state index contributed by atoms with van der Waals surface area (Å²) in [5, 5.41) is 1.85. The van der Waals surface area contributed by atoms with Crippen molar-refractivity contribution in [3.63, 3.8) is 0 Å². The minimum atomic E-state index is -0.981. The van der Waals surface area contributed by atoms with Crippen molar-refractivity contribution >= 4 is 17.9 Å². The molecular weight excluding hydrogens is 200 g/mol. The lowest BCUT2D eigenvalue weighted by Gasteiger charge is -2.24. The number of amides is 3. The van der Waals surface area contributed by atoms with Crippen molar-refractivity contribution < 1.29 is 19.1 Å². The minimum Gasteiger partial charge on any atom is -0.452 e. The number of primary amides is 1. The maximum Gasteiger partial charge on any atom is 0.318 e. The summed E-state index contributed by atoms with van der Waals surface area (Å²) in [4.78, 5) is 32.8. The van der Waals surface area contributed by atoms with E-state index in [1.54, 1.807) is 0 Å². The van der Waals surface area contributed by atoms with Crippen LogP contribution in [0.25, 0.3) is 0 Å². The van der Waals surface area contributed by atoms with E-state index in [0.29, 0.717) is 0 Å². The standard InChI is InChI=1S/C9H14N2O4/c1-5(7(12)11-9(10)14)15-8(13)6-3-2-4-6/h5-6H,2-4H2,1H3,(H3,10,11,12,14). The molecule has 0 spiro atoms. The Labute approximate surface area is 87.1 Å². The fourth-order valence-electron chi connectivity index (χ4n) is 1.19. The van der Waals surface area contributed by atoms with E-state index < -0.39 is 18.0 Å². The summed E-state index contributed by atoms with van der Waals surface area (Å²) < 4.78 is 4.86. The molecule has 1 aliphatic carbocycles. The molecule has 0 bridgehead atoms. The monoisotopic (exact) mass is 214 g/mol. The zero-order valence-electron chi connectivity index (χ0n) is 8.49. The zero-order valence-corrected chi connectivity index (χ0v) is 8.49. The first kappa shape index (κ1) is 11.5. The third kappa shape index (κ3) is 3.23. The Morgan fingerprint density at radius 2 is 2.00 bits per heavy atom. The van der Waals surface area contributed by atoms with Gasteiger partial charge in [-0.15, -0.1) is 0 Å². The predicted octanol–water partition coefficient (Wildman–Crippen LogP) is -0.0869. The minimum absolute atomic E-state index is 0.0890. The number of carbonyl (C=O) groups excluding carboxylic acids is 3. The Bertz CT molecular complexity index is 286. The van der Waals surface area contributed by atoms with E-state index in [-0.39, 0.29) is 11.9 Å². The van der Waals surface area contributed by atoms with Crippen molar-refractivity contribution in [3.8, 4) is 0 Å². The number of nitrogens with one attached hydrogen (secondary N) is 1. The quantitative estimate of drug-likeness (QED) is 0.641. The highest BCUT2D eigenvalue weighted by Crippen LogP contribution is 2.27. The average molecular weight is 214 g/mol. The third-order valence-electron chi connectivity index (χ3n) is 2.35. The topological polar surface area (TPSA) is 98.5 Å². The second-order valence-corrected chi connectivity index (χ2v) is 3.56. The smallest absolute Gasteiger partial charge is 0.318 e. The average Bonchev–Trinajstić information content (AvgIpc) is 1.98. The van der Waals surface area contributed by atoms with E-state index >= 15 is 0 Å². The molecule has 0 radical (unpaired) electrons. The van der Waals surface area contributed by atoms with Gasteiger partial charge in [0.1, 0.15) is 0 Å². The molecule has 6 heteroatoms. The molecule has 1 aliphatic rings. The molecule has 0 saturated heterocycles. The second kappa shape index (κ2) is 4.77. The number of nitrogens with two attached hydrogens (primary N) is 1. The summed E-state index contributed by atoms with van der Waals surface area (Å²) in [6.45, 7) is 1.40. The Morgan fingerprint density at radius 1 is 1.40 bits per heavy atom. The number of hydrogen-bond donors (Lipinski definition) is 2. The van der Waals surface area contributed by atoms with E-state index in [1.807, 2.05) is 5.32 Å². The van der Waals surface area contributed by atoms with Gasteiger partial charge in [0.25, 0.3) is 5.91 Å². The van der Waals surface area contributed by atoms with Crippen LogP contribution in [0.4, 0.5) is 4.79 Å². The van der Waals surface area contributed by atoms with Gasteiger partial charge in [0, 0.05) is 0 Å². The summed E-state index contributed by atoms with van der Waals surface area (Å²) in [5.41, 5.74) is 4.75. The molecule has 1 fully saturated rings. The van der Waals surface area contributed by atoms with Crippen LogP contribution in [-0.4, -0.2) is 24.0 Å². The molecule has 3 amide bonds. The van der Waals surface area contributed by atoms with Gasteiger partial charge >= 0.3 is 12.0 Å². The maximum absolute atomic E-state index is 11.3. The molecule has 1 unspecified atom stereocenters. The fraction of sp³-hybridized carbons (Fsp3) is 0.667. The molecule has 0 heterocycles. The van der Waals surface area contributed by atoms with Crippen LogP contribution in [-0.2, 0) is 14.3 Å². The molecule has 1 atom stereocenters.